The Morgan fingerprint density at radius 1 is 1.07 bits per heavy atom. The highest BCUT2D eigenvalue weighted by atomic mass is 16.1. The van der Waals surface area contributed by atoms with Crippen molar-refractivity contribution in [3.63, 3.8) is 0 Å². The molecule has 1 aliphatic rings. The molecule has 0 saturated heterocycles. The molecule has 0 bridgehead atoms. The van der Waals surface area contributed by atoms with E-state index in [0.29, 0.717) is 0 Å². The van der Waals surface area contributed by atoms with Crippen molar-refractivity contribution in [2.24, 2.45) is 11.8 Å². The lowest BCUT2D eigenvalue weighted by Crippen LogP contribution is -2.14. The van der Waals surface area contributed by atoms with Crippen LogP contribution in [0, 0.1) is 11.8 Å². The molecule has 0 aliphatic heterocycles. The van der Waals surface area contributed by atoms with Crippen LogP contribution in [0.2, 0.25) is 0 Å². The number of carbonyl (C=O) groups is 1. The summed E-state index contributed by atoms with van der Waals surface area (Å²) in [6.07, 6.45) is 12.8. The second-order valence-electron chi connectivity index (χ2n) is 4.78. The summed E-state index contributed by atoms with van der Waals surface area (Å²) >= 11 is 0. The van der Waals surface area contributed by atoms with Gasteiger partial charge in [0.2, 0.25) is 0 Å². The number of rotatable bonds is 6. The molecular weight excluding hydrogens is 172 g/mol. The van der Waals surface area contributed by atoms with Gasteiger partial charge in [-0.05, 0) is 24.7 Å². The maximum atomic E-state index is 10.4. The number of carbonyl (C=O) groups excluding carboxylic acids is 1. The number of aldehydes is 1. The van der Waals surface area contributed by atoms with Crippen LogP contribution < -0.4 is 0 Å². The zero-order valence-corrected chi connectivity index (χ0v) is 9.50. The first-order chi connectivity index (χ1) is 6.86. The highest BCUT2D eigenvalue weighted by molar-refractivity contribution is 5.49. The van der Waals surface area contributed by atoms with Crippen LogP contribution >= 0.6 is 0 Å². The van der Waals surface area contributed by atoms with Crippen molar-refractivity contribution in [2.75, 3.05) is 0 Å². The molecule has 0 amide bonds. The molecule has 0 aromatic carbocycles. The molecule has 1 aliphatic carbocycles. The number of hydrogen-bond acceptors (Lipinski definition) is 1. The van der Waals surface area contributed by atoms with Crippen LogP contribution in [0.3, 0.4) is 0 Å². The van der Waals surface area contributed by atoms with Crippen LogP contribution in [-0.2, 0) is 4.79 Å². The Morgan fingerprint density at radius 3 is 2.29 bits per heavy atom. The van der Waals surface area contributed by atoms with Gasteiger partial charge in [-0.15, -0.1) is 0 Å². The zero-order valence-electron chi connectivity index (χ0n) is 9.50. The van der Waals surface area contributed by atoms with E-state index in [-0.39, 0.29) is 0 Å². The van der Waals surface area contributed by atoms with Gasteiger partial charge in [0.15, 0.2) is 0 Å². The summed E-state index contributed by atoms with van der Waals surface area (Å²) in [5, 5.41) is 0. The fraction of sp³-hybridized carbons (Fsp3) is 0.923. The monoisotopic (exact) mass is 196 g/mol. The minimum Gasteiger partial charge on any atom is -0.303 e. The predicted octanol–water partition coefficient (Wildman–Crippen LogP) is 3.96. The van der Waals surface area contributed by atoms with Gasteiger partial charge in [-0.25, -0.2) is 0 Å². The Bertz CT molecular complexity index is 145. The molecular formula is C13H24O. The van der Waals surface area contributed by atoms with Crippen molar-refractivity contribution in [3.05, 3.63) is 0 Å². The average molecular weight is 196 g/mol. The van der Waals surface area contributed by atoms with E-state index in [9.17, 15) is 4.79 Å². The van der Waals surface area contributed by atoms with Crippen molar-refractivity contribution < 1.29 is 4.79 Å². The summed E-state index contributed by atoms with van der Waals surface area (Å²) in [6, 6.07) is 0. The lowest BCUT2D eigenvalue weighted by atomic mass is 9.79. The van der Waals surface area contributed by atoms with E-state index < -0.39 is 0 Å². The van der Waals surface area contributed by atoms with Gasteiger partial charge < -0.3 is 4.79 Å². The lowest BCUT2D eigenvalue weighted by Gasteiger charge is -2.27. The van der Waals surface area contributed by atoms with E-state index >= 15 is 0 Å². The Balaban J connectivity index is 2.06. The highest BCUT2D eigenvalue weighted by Crippen LogP contribution is 2.33. The third kappa shape index (κ3) is 4.26. The Morgan fingerprint density at radius 2 is 1.71 bits per heavy atom. The van der Waals surface area contributed by atoms with Crippen LogP contribution in [-0.4, -0.2) is 6.29 Å². The van der Waals surface area contributed by atoms with E-state index in [1.54, 1.807) is 0 Å². The average Bonchev–Trinajstić information content (AvgIpc) is 2.21. The number of unbranched alkanes of at least 4 members (excludes halogenated alkanes) is 2. The molecule has 0 spiro atoms. The van der Waals surface area contributed by atoms with Crippen molar-refractivity contribution in [3.8, 4) is 0 Å². The van der Waals surface area contributed by atoms with Crippen molar-refractivity contribution in [1.29, 1.82) is 0 Å². The minimum absolute atomic E-state index is 0.718. The lowest BCUT2D eigenvalue weighted by molar-refractivity contribution is -0.108. The van der Waals surface area contributed by atoms with Crippen molar-refractivity contribution in [1.82, 2.24) is 0 Å². The second kappa shape index (κ2) is 7.03. The van der Waals surface area contributed by atoms with E-state index in [2.05, 4.69) is 6.92 Å². The van der Waals surface area contributed by atoms with E-state index in [1.807, 2.05) is 0 Å². The summed E-state index contributed by atoms with van der Waals surface area (Å²) < 4.78 is 0. The molecule has 0 atom stereocenters. The van der Waals surface area contributed by atoms with Gasteiger partial charge >= 0.3 is 0 Å². The highest BCUT2D eigenvalue weighted by Gasteiger charge is 2.19. The largest absolute Gasteiger partial charge is 0.303 e. The molecule has 1 saturated carbocycles. The normalized spacial score (nSPS) is 27.5. The minimum atomic E-state index is 0.718. The molecule has 1 fully saturated rings. The molecule has 1 rings (SSSR count). The molecule has 0 aromatic heterocycles. The van der Waals surface area contributed by atoms with Crippen molar-refractivity contribution in [2.45, 2.75) is 64.7 Å². The molecule has 0 radical (unpaired) electrons. The Kier molecular flexibility index (Phi) is 5.89. The fourth-order valence-electron chi connectivity index (χ4n) is 2.57. The van der Waals surface area contributed by atoms with Gasteiger partial charge in [0, 0.05) is 6.42 Å². The third-order valence-corrected chi connectivity index (χ3v) is 3.61. The Hall–Kier alpha value is -0.330. The van der Waals surface area contributed by atoms with Gasteiger partial charge in [-0.1, -0.05) is 45.4 Å². The zero-order chi connectivity index (χ0) is 10.2. The molecule has 0 heterocycles. The first-order valence-electron chi connectivity index (χ1n) is 6.30. The van der Waals surface area contributed by atoms with E-state index in [0.717, 1.165) is 24.5 Å². The smallest absolute Gasteiger partial charge is 0.120 e. The topological polar surface area (TPSA) is 17.1 Å². The molecule has 14 heavy (non-hydrogen) atoms. The summed E-state index contributed by atoms with van der Waals surface area (Å²) in [6.45, 7) is 2.26. The third-order valence-electron chi connectivity index (χ3n) is 3.61. The quantitative estimate of drug-likeness (QED) is 0.464. The predicted molar refractivity (Wildman–Crippen MR) is 60.3 cm³/mol. The van der Waals surface area contributed by atoms with Gasteiger partial charge in [0.25, 0.3) is 0 Å². The van der Waals surface area contributed by atoms with Crippen LogP contribution in [0.5, 0.6) is 0 Å². The van der Waals surface area contributed by atoms with Gasteiger partial charge in [0.1, 0.15) is 6.29 Å². The molecule has 0 aromatic rings. The van der Waals surface area contributed by atoms with Gasteiger partial charge in [-0.2, -0.15) is 0 Å². The van der Waals surface area contributed by atoms with Gasteiger partial charge in [0.05, 0.1) is 0 Å². The van der Waals surface area contributed by atoms with Crippen LogP contribution in [0.4, 0.5) is 0 Å². The molecule has 1 nitrogen and oxygen atoms in total. The SMILES string of the molecule is CCCCCC1CCC(CC=O)CC1. The summed E-state index contributed by atoms with van der Waals surface area (Å²) in [4.78, 5) is 10.4. The summed E-state index contributed by atoms with van der Waals surface area (Å²) in [7, 11) is 0. The number of hydrogen-bond donors (Lipinski definition) is 0. The van der Waals surface area contributed by atoms with Crippen LogP contribution in [0.15, 0.2) is 0 Å². The fourth-order valence-corrected chi connectivity index (χ4v) is 2.57. The van der Waals surface area contributed by atoms with E-state index in [4.69, 9.17) is 0 Å². The molecule has 82 valence electrons. The Labute approximate surface area is 88.3 Å². The van der Waals surface area contributed by atoms with E-state index in [1.165, 1.54) is 51.4 Å². The van der Waals surface area contributed by atoms with Crippen LogP contribution in [0.25, 0.3) is 0 Å². The molecule has 1 heteroatoms. The standard InChI is InChI=1S/C13H24O/c1-2-3-4-5-12-6-8-13(9-7-12)10-11-14/h11-13H,2-10H2,1H3. The molecule has 0 unspecified atom stereocenters. The van der Waals surface area contributed by atoms with Crippen molar-refractivity contribution >= 4 is 6.29 Å². The maximum absolute atomic E-state index is 10.4. The summed E-state index contributed by atoms with van der Waals surface area (Å²) in [5.41, 5.74) is 0. The summed E-state index contributed by atoms with van der Waals surface area (Å²) in [5.74, 6) is 1.69. The second-order valence-corrected chi connectivity index (χ2v) is 4.78. The first-order valence-corrected chi connectivity index (χ1v) is 6.30. The molecule has 0 N–H and O–H groups in total. The first kappa shape index (κ1) is 11.7. The maximum Gasteiger partial charge on any atom is 0.120 e. The van der Waals surface area contributed by atoms with Gasteiger partial charge in [-0.3, -0.25) is 0 Å². The van der Waals surface area contributed by atoms with Crippen LogP contribution in [0.1, 0.15) is 64.7 Å².